The highest BCUT2D eigenvalue weighted by atomic mass is 16.7. The number of esters is 2. The van der Waals surface area contributed by atoms with E-state index in [2.05, 4.69) is 6.08 Å². The minimum absolute atomic E-state index is 0.127. The normalized spacial score (nSPS) is 31.2. The maximum absolute atomic E-state index is 13.0. The molecule has 3 atom stereocenters. The van der Waals surface area contributed by atoms with E-state index in [0.29, 0.717) is 37.2 Å². The molecule has 7 nitrogen and oxygen atoms in total. The molecule has 0 amide bonds. The van der Waals surface area contributed by atoms with Gasteiger partial charge in [0.1, 0.15) is 23.4 Å². The average molecular weight is 457 g/mol. The molecule has 178 valence electrons. The van der Waals surface area contributed by atoms with Crippen molar-refractivity contribution in [3.63, 3.8) is 0 Å². The molecular weight excluding hydrogens is 424 g/mol. The lowest BCUT2D eigenvalue weighted by Gasteiger charge is -2.45. The van der Waals surface area contributed by atoms with E-state index < -0.39 is 29.1 Å². The highest BCUT2D eigenvalue weighted by molar-refractivity contribution is 5.89. The summed E-state index contributed by atoms with van der Waals surface area (Å²) in [5, 5.41) is 0. The number of carbonyl (C=O) groups is 2. The predicted molar refractivity (Wildman–Crippen MR) is 119 cm³/mol. The van der Waals surface area contributed by atoms with Gasteiger partial charge in [-0.25, -0.2) is 4.79 Å². The third-order valence-corrected chi connectivity index (χ3v) is 6.90. The van der Waals surface area contributed by atoms with Crippen LogP contribution in [-0.2, 0) is 39.9 Å². The highest BCUT2D eigenvalue weighted by Crippen LogP contribution is 2.52. The van der Waals surface area contributed by atoms with E-state index in [0.717, 1.165) is 11.1 Å². The molecule has 0 radical (unpaired) electrons. The number of allylic oxidation sites excluding steroid dienone is 1. The van der Waals surface area contributed by atoms with Gasteiger partial charge in [-0.3, -0.25) is 4.79 Å². The van der Waals surface area contributed by atoms with Gasteiger partial charge in [0.05, 0.1) is 12.2 Å². The van der Waals surface area contributed by atoms with Gasteiger partial charge in [-0.1, -0.05) is 36.4 Å². The summed E-state index contributed by atoms with van der Waals surface area (Å²) in [7, 11) is 0. The van der Waals surface area contributed by atoms with Crippen LogP contribution in [0.2, 0.25) is 0 Å². The molecule has 3 heterocycles. The Bertz CT molecular complexity index is 993. The molecule has 0 aliphatic carbocycles. The van der Waals surface area contributed by atoms with Crippen molar-refractivity contribution >= 4 is 11.9 Å². The van der Waals surface area contributed by atoms with Gasteiger partial charge in [-0.2, -0.15) is 0 Å². The Morgan fingerprint density at radius 3 is 2.52 bits per heavy atom. The molecule has 0 saturated carbocycles. The van der Waals surface area contributed by atoms with E-state index in [1.807, 2.05) is 44.2 Å². The summed E-state index contributed by atoms with van der Waals surface area (Å²) in [6, 6.07) is 9.89. The third kappa shape index (κ3) is 4.32. The molecule has 0 N–H and O–H groups in total. The van der Waals surface area contributed by atoms with Crippen LogP contribution in [0.5, 0.6) is 0 Å². The number of rotatable bonds is 6. The molecule has 1 spiro atoms. The second kappa shape index (κ2) is 8.61. The SMILES string of the molecule is CC1=CC[C@@H](OCc2ccccc2)O[C@@]12COC(=O)[C@@]2(C)CCC1=C(C)C(=O)OC(C)(C)O1. The zero-order valence-electron chi connectivity index (χ0n) is 19.9. The maximum Gasteiger partial charge on any atom is 0.340 e. The topological polar surface area (TPSA) is 80.3 Å². The fraction of sp³-hybridized carbons (Fsp3) is 0.538. The Morgan fingerprint density at radius 2 is 1.79 bits per heavy atom. The number of cyclic esters (lactones) is 2. The number of hydrogen-bond acceptors (Lipinski definition) is 7. The second-order valence-corrected chi connectivity index (χ2v) is 9.64. The van der Waals surface area contributed by atoms with Crippen molar-refractivity contribution in [2.24, 2.45) is 5.41 Å². The van der Waals surface area contributed by atoms with E-state index in [1.54, 1.807) is 20.8 Å². The van der Waals surface area contributed by atoms with E-state index >= 15 is 0 Å². The molecule has 7 heteroatoms. The van der Waals surface area contributed by atoms with E-state index in [-0.39, 0.29) is 12.6 Å². The van der Waals surface area contributed by atoms with Gasteiger partial charge in [0.25, 0.3) is 0 Å². The largest absolute Gasteiger partial charge is 0.462 e. The quantitative estimate of drug-likeness (QED) is 0.458. The van der Waals surface area contributed by atoms with Crippen LogP contribution in [0.4, 0.5) is 0 Å². The molecule has 0 unspecified atom stereocenters. The number of benzene rings is 1. The number of carbonyl (C=O) groups excluding carboxylic acids is 2. The van der Waals surface area contributed by atoms with Crippen LogP contribution >= 0.6 is 0 Å². The lowest BCUT2D eigenvalue weighted by Crippen LogP contribution is -2.54. The average Bonchev–Trinajstić information content (AvgIpc) is 3.02. The smallest absolute Gasteiger partial charge is 0.340 e. The van der Waals surface area contributed by atoms with Gasteiger partial charge in [0.15, 0.2) is 6.29 Å². The first-order valence-corrected chi connectivity index (χ1v) is 11.4. The molecule has 0 bridgehead atoms. The van der Waals surface area contributed by atoms with Crippen molar-refractivity contribution in [1.29, 1.82) is 0 Å². The molecule has 3 aliphatic heterocycles. The van der Waals surface area contributed by atoms with Crippen LogP contribution in [0.3, 0.4) is 0 Å². The van der Waals surface area contributed by atoms with Crippen molar-refractivity contribution in [3.8, 4) is 0 Å². The molecular formula is C26H32O7. The van der Waals surface area contributed by atoms with E-state index in [9.17, 15) is 9.59 Å². The lowest BCUT2D eigenvalue weighted by molar-refractivity contribution is -0.232. The van der Waals surface area contributed by atoms with Gasteiger partial charge < -0.3 is 23.7 Å². The van der Waals surface area contributed by atoms with Gasteiger partial charge in [-0.05, 0) is 38.3 Å². The predicted octanol–water partition coefficient (Wildman–Crippen LogP) is 4.56. The highest BCUT2D eigenvalue weighted by Gasteiger charge is 2.63. The summed E-state index contributed by atoms with van der Waals surface area (Å²) >= 11 is 0. The first-order chi connectivity index (χ1) is 15.6. The fourth-order valence-corrected chi connectivity index (χ4v) is 4.75. The fourth-order valence-electron chi connectivity index (χ4n) is 4.75. The Hall–Kier alpha value is -2.64. The molecule has 33 heavy (non-hydrogen) atoms. The summed E-state index contributed by atoms with van der Waals surface area (Å²) in [6.45, 7) is 9.43. The van der Waals surface area contributed by atoms with E-state index in [4.69, 9.17) is 23.7 Å². The Morgan fingerprint density at radius 1 is 1.06 bits per heavy atom. The van der Waals surface area contributed by atoms with Crippen LogP contribution in [0, 0.1) is 5.41 Å². The van der Waals surface area contributed by atoms with Crippen molar-refractivity contribution < 1.29 is 33.3 Å². The molecule has 1 aromatic carbocycles. The van der Waals surface area contributed by atoms with Crippen molar-refractivity contribution in [2.75, 3.05) is 6.61 Å². The van der Waals surface area contributed by atoms with Gasteiger partial charge >= 0.3 is 11.9 Å². The molecule has 1 aromatic rings. The van der Waals surface area contributed by atoms with Crippen LogP contribution in [-0.4, -0.2) is 36.2 Å². The molecule has 0 aromatic heterocycles. The van der Waals surface area contributed by atoms with Crippen LogP contribution in [0.15, 0.2) is 53.3 Å². The third-order valence-electron chi connectivity index (χ3n) is 6.90. The zero-order chi connectivity index (χ0) is 23.9. The van der Waals surface area contributed by atoms with Crippen molar-refractivity contribution in [3.05, 3.63) is 58.9 Å². The molecule has 3 aliphatic rings. The summed E-state index contributed by atoms with van der Waals surface area (Å²) in [6.07, 6.45) is 2.94. The molecule has 1 fully saturated rings. The maximum atomic E-state index is 13.0. The van der Waals surface area contributed by atoms with Gasteiger partial charge in [0.2, 0.25) is 5.79 Å². The minimum Gasteiger partial charge on any atom is -0.462 e. The van der Waals surface area contributed by atoms with Crippen LogP contribution in [0.1, 0.15) is 59.4 Å². The van der Waals surface area contributed by atoms with Crippen LogP contribution < -0.4 is 0 Å². The Balaban J connectivity index is 1.53. The Labute approximate surface area is 194 Å². The summed E-state index contributed by atoms with van der Waals surface area (Å²) in [5.74, 6) is -1.25. The lowest BCUT2D eigenvalue weighted by atomic mass is 9.67. The van der Waals surface area contributed by atoms with Gasteiger partial charge in [-0.15, -0.1) is 0 Å². The molecule has 4 rings (SSSR count). The van der Waals surface area contributed by atoms with Crippen molar-refractivity contribution in [1.82, 2.24) is 0 Å². The Kier molecular flexibility index (Phi) is 6.14. The molecule has 1 saturated heterocycles. The monoisotopic (exact) mass is 456 g/mol. The first kappa shape index (κ1) is 23.5. The summed E-state index contributed by atoms with van der Waals surface area (Å²) < 4.78 is 29.3. The van der Waals surface area contributed by atoms with Crippen molar-refractivity contribution in [2.45, 2.75) is 78.2 Å². The summed E-state index contributed by atoms with van der Waals surface area (Å²) in [5.41, 5.74) is 0.506. The zero-order valence-corrected chi connectivity index (χ0v) is 19.9. The van der Waals surface area contributed by atoms with E-state index in [1.165, 1.54) is 0 Å². The first-order valence-electron chi connectivity index (χ1n) is 11.4. The summed E-state index contributed by atoms with van der Waals surface area (Å²) in [4.78, 5) is 25.3. The number of hydrogen-bond donors (Lipinski definition) is 0. The number of ether oxygens (including phenoxy) is 5. The minimum atomic E-state index is -1.05. The standard InChI is InChI=1S/C26H32O7/c1-17-11-12-21(29-15-19-9-7-6-8-10-19)32-26(17)16-30-23(28)25(26,5)14-13-20-18(2)22(27)33-24(3,4)31-20/h6-11,21H,12-16H2,1-5H3/t21-,25+,26-/m0/s1. The second-order valence-electron chi connectivity index (χ2n) is 9.64. The van der Waals surface area contributed by atoms with Gasteiger partial charge in [0, 0.05) is 26.7 Å². The van der Waals surface area contributed by atoms with Crippen LogP contribution in [0.25, 0.3) is 0 Å².